The summed E-state index contributed by atoms with van der Waals surface area (Å²) in [5.41, 5.74) is 0.331. The van der Waals surface area contributed by atoms with Crippen LogP contribution in [0.2, 0.25) is 0 Å². The van der Waals surface area contributed by atoms with Crippen LogP contribution >= 0.6 is 0 Å². The molecule has 0 aliphatic carbocycles. The molecule has 0 spiro atoms. The SMILES string of the molecule is CCN1C(=O)c2ccccc2[S+]([O-])c2ccc(C(=O)NC(c3ccccc3)C(F)(F)F)cc21. The summed E-state index contributed by atoms with van der Waals surface area (Å²) in [5.74, 6) is -1.35. The van der Waals surface area contributed by atoms with E-state index in [1.54, 1.807) is 37.3 Å². The van der Waals surface area contributed by atoms with Crippen LogP contribution in [0.3, 0.4) is 0 Å². The molecule has 2 unspecified atom stereocenters. The number of nitrogens with one attached hydrogen (secondary N) is 1. The van der Waals surface area contributed by atoms with Crippen LogP contribution in [-0.4, -0.2) is 29.1 Å². The molecule has 1 heterocycles. The Morgan fingerprint density at radius 1 is 1.03 bits per heavy atom. The third-order valence-electron chi connectivity index (χ3n) is 5.33. The molecule has 0 aromatic heterocycles. The third kappa shape index (κ3) is 4.34. The number of amides is 2. The highest BCUT2D eigenvalue weighted by atomic mass is 32.2. The second-order valence-corrected chi connectivity index (χ2v) is 8.77. The lowest BCUT2D eigenvalue weighted by Gasteiger charge is -2.23. The predicted molar refractivity (Wildman–Crippen MR) is 118 cm³/mol. The van der Waals surface area contributed by atoms with Gasteiger partial charge < -0.3 is 14.8 Å². The third-order valence-corrected chi connectivity index (χ3v) is 6.83. The molecule has 33 heavy (non-hydrogen) atoms. The summed E-state index contributed by atoms with van der Waals surface area (Å²) >= 11 is -1.70. The topological polar surface area (TPSA) is 72.5 Å². The van der Waals surface area contributed by atoms with Crippen LogP contribution in [0.1, 0.15) is 39.2 Å². The van der Waals surface area contributed by atoms with E-state index in [1.807, 2.05) is 5.32 Å². The molecule has 2 atom stereocenters. The number of anilines is 1. The van der Waals surface area contributed by atoms with Crippen molar-refractivity contribution >= 4 is 28.7 Å². The summed E-state index contributed by atoms with van der Waals surface area (Å²) in [6.07, 6.45) is -4.71. The van der Waals surface area contributed by atoms with Gasteiger partial charge >= 0.3 is 6.18 Å². The summed E-state index contributed by atoms with van der Waals surface area (Å²) in [6, 6.07) is 15.4. The lowest BCUT2D eigenvalue weighted by atomic mass is 10.1. The van der Waals surface area contributed by atoms with Crippen molar-refractivity contribution in [2.24, 2.45) is 0 Å². The zero-order valence-corrected chi connectivity index (χ0v) is 18.2. The molecule has 1 N–H and O–H groups in total. The Morgan fingerprint density at radius 2 is 1.70 bits per heavy atom. The van der Waals surface area contributed by atoms with E-state index in [4.69, 9.17) is 0 Å². The molecule has 0 saturated heterocycles. The highest BCUT2D eigenvalue weighted by Gasteiger charge is 2.42. The number of carbonyl (C=O) groups is 2. The first-order valence-electron chi connectivity index (χ1n) is 10.1. The molecule has 1 aliphatic rings. The van der Waals surface area contributed by atoms with Crippen LogP contribution in [0.5, 0.6) is 0 Å². The van der Waals surface area contributed by atoms with Crippen LogP contribution in [0.15, 0.2) is 82.6 Å². The van der Waals surface area contributed by atoms with Crippen LogP contribution < -0.4 is 10.2 Å². The minimum absolute atomic E-state index is 0.0758. The fourth-order valence-electron chi connectivity index (χ4n) is 3.73. The second-order valence-electron chi connectivity index (χ2n) is 7.36. The molecule has 5 nitrogen and oxygen atoms in total. The summed E-state index contributed by atoms with van der Waals surface area (Å²) in [5, 5.41) is 2.04. The molecule has 1 aliphatic heterocycles. The van der Waals surface area contributed by atoms with Crippen molar-refractivity contribution in [2.45, 2.75) is 28.9 Å². The van der Waals surface area contributed by atoms with E-state index < -0.39 is 35.2 Å². The number of hydrogen-bond donors (Lipinski definition) is 1. The van der Waals surface area contributed by atoms with Crippen molar-refractivity contribution in [3.8, 4) is 0 Å². The first kappa shape index (κ1) is 22.9. The smallest absolute Gasteiger partial charge is 0.412 e. The zero-order chi connectivity index (χ0) is 23.8. The van der Waals surface area contributed by atoms with Crippen molar-refractivity contribution in [3.63, 3.8) is 0 Å². The van der Waals surface area contributed by atoms with E-state index >= 15 is 0 Å². The average molecular weight is 472 g/mol. The molecule has 3 aromatic rings. The Labute approximate surface area is 191 Å². The number of rotatable bonds is 4. The van der Waals surface area contributed by atoms with E-state index in [9.17, 15) is 27.3 Å². The summed E-state index contributed by atoms with van der Waals surface area (Å²) < 4.78 is 54.2. The highest BCUT2D eigenvalue weighted by Crippen LogP contribution is 2.38. The van der Waals surface area contributed by atoms with Gasteiger partial charge in [-0.25, -0.2) is 0 Å². The van der Waals surface area contributed by atoms with Crippen molar-refractivity contribution in [2.75, 3.05) is 11.4 Å². The van der Waals surface area contributed by atoms with Gasteiger partial charge in [0, 0.05) is 23.3 Å². The average Bonchev–Trinajstić information content (AvgIpc) is 2.90. The van der Waals surface area contributed by atoms with Crippen LogP contribution in [0.25, 0.3) is 0 Å². The number of halogens is 3. The Morgan fingerprint density at radius 3 is 2.36 bits per heavy atom. The zero-order valence-electron chi connectivity index (χ0n) is 17.4. The van der Waals surface area contributed by atoms with Gasteiger partial charge in [-0.2, -0.15) is 13.2 Å². The first-order chi connectivity index (χ1) is 15.7. The number of carbonyl (C=O) groups excluding carboxylic acids is 2. The Kier molecular flexibility index (Phi) is 6.18. The van der Waals surface area contributed by atoms with Gasteiger partial charge in [-0.1, -0.05) is 42.5 Å². The summed E-state index contributed by atoms with van der Waals surface area (Å²) in [4.78, 5) is 27.9. The Hall–Kier alpha value is -3.30. The van der Waals surface area contributed by atoms with Gasteiger partial charge in [-0.05, 0) is 42.8 Å². The van der Waals surface area contributed by atoms with E-state index in [0.29, 0.717) is 9.79 Å². The second kappa shape index (κ2) is 8.92. The molecule has 4 rings (SSSR count). The van der Waals surface area contributed by atoms with E-state index in [-0.39, 0.29) is 28.9 Å². The Bertz CT molecular complexity index is 1200. The van der Waals surface area contributed by atoms with Crippen LogP contribution in [0.4, 0.5) is 18.9 Å². The van der Waals surface area contributed by atoms with Gasteiger partial charge in [0.25, 0.3) is 11.8 Å². The normalized spacial score (nSPS) is 16.5. The maximum absolute atomic E-state index is 13.7. The van der Waals surface area contributed by atoms with Gasteiger partial charge in [-0.3, -0.25) is 9.59 Å². The molecule has 0 saturated carbocycles. The largest absolute Gasteiger partial charge is 0.606 e. The minimum atomic E-state index is -4.71. The number of alkyl halides is 3. The molecule has 170 valence electrons. The van der Waals surface area contributed by atoms with E-state index in [2.05, 4.69) is 0 Å². The Balaban J connectivity index is 1.73. The minimum Gasteiger partial charge on any atom is -0.606 e. The van der Waals surface area contributed by atoms with Gasteiger partial charge in [0.15, 0.2) is 15.8 Å². The van der Waals surface area contributed by atoms with E-state index in [0.717, 1.165) is 0 Å². The number of benzene rings is 3. The summed E-state index contributed by atoms with van der Waals surface area (Å²) in [7, 11) is 0. The van der Waals surface area contributed by atoms with Gasteiger partial charge in [0.1, 0.15) is 5.69 Å². The molecule has 0 radical (unpaired) electrons. The molecule has 2 amide bonds. The van der Waals surface area contributed by atoms with Crippen molar-refractivity contribution in [1.29, 1.82) is 0 Å². The summed E-state index contributed by atoms with van der Waals surface area (Å²) in [6.45, 7) is 1.94. The number of fused-ring (bicyclic) bond motifs is 2. The lowest BCUT2D eigenvalue weighted by molar-refractivity contribution is -0.155. The van der Waals surface area contributed by atoms with Gasteiger partial charge in [0.05, 0.1) is 5.56 Å². The predicted octanol–water partition coefficient (Wildman–Crippen LogP) is 4.87. The van der Waals surface area contributed by atoms with Gasteiger partial charge in [-0.15, -0.1) is 0 Å². The van der Waals surface area contributed by atoms with Crippen molar-refractivity contribution in [3.05, 3.63) is 89.5 Å². The van der Waals surface area contributed by atoms with E-state index in [1.165, 1.54) is 47.4 Å². The fourth-order valence-corrected chi connectivity index (χ4v) is 5.08. The first-order valence-corrected chi connectivity index (χ1v) is 11.3. The maximum Gasteiger partial charge on any atom is 0.412 e. The quantitative estimate of drug-likeness (QED) is 0.551. The maximum atomic E-state index is 13.7. The molecule has 0 bridgehead atoms. The molecular formula is C24H19F3N2O3S. The van der Waals surface area contributed by atoms with Crippen molar-refractivity contribution in [1.82, 2.24) is 5.32 Å². The number of hydrogen-bond acceptors (Lipinski definition) is 3. The fraction of sp³-hybridized carbons (Fsp3) is 0.167. The van der Waals surface area contributed by atoms with Crippen molar-refractivity contribution < 1.29 is 27.3 Å². The van der Waals surface area contributed by atoms with Crippen LogP contribution in [0, 0.1) is 0 Å². The van der Waals surface area contributed by atoms with Crippen LogP contribution in [-0.2, 0) is 11.2 Å². The molecule has 0 fully saturated rings. The molecular weight excluding hydrogens is 453 g/mol. The molecule has 3 aromatic carbocycles. The highest BCUT2D eigenvalue weighted by molar-refractivity contribution is 7.91. The molecule has 9 heteroatoms. The monoisotopic (exact) mass is 472 g/mol. The standard InChI is InChI=1S/C24H19F3N2O3S/c1-2-29-18-14-16(22(30)28-21(24(25,26)27)15-8-4-3-5-9-15)12-13-20(18)33(32)19-11-7-6-10-17(19)23(29)31/h3-14,21H,2H2,1H3,(H,28,30). The lowest BCUT2D eigenvalue weighted by Crippen LogP contribution is -2.38. The number of nitrogens with zero attached hydrogens (tertiary/aromatic N) is 1. The van der Waals surface area contributed by atoms with Gasteiger partial charge in [0.2, 0.25) is 0 Å².